The molecule has 0 aromatic heterocycles. The van der Waals surface area contributed by atoms with Gasteiger partial charge in [0.1, 0.15) is 38.9 Å². The molecule has 0 spiro atoms. The largest absolute Gasteiger partial charge is 2.00 e. The maximum Gasteiger partial charge on any atom is 2.00 e. The fourth-order valence-electron chi connectivity index (χ4n) is 4.85. The Morgan fingerprint density at radius 3 is 1.53 bits per heavy atom. The standard InChI is InChI=1S/2C18H22O5S.Ca/c2*1-2-3-4-5-7-16-17(19)8-6-9-18(16)23-14-10-12-15(13-11-14)24(20,21)22;/h2*6,8-13,19H,2-5,7H2,1H3,(H,20,21,22);/q;;+2/p-2. The minimum Gasteiger partial charge on any atom is -0.872 e. The third-order valence-corrected chi connectivity index (χ3v) is 9.17. The molecule has 0 saturated heterocycles. The number of ether oxygens (including phenoxy) is 2. The van der Waals surface area contributed by atoms with E-state index >= 15 is 0 Å². The van der Waals surface area contributed by atoms with Crippen LogP contribution >= 0.6 is 0 Å². The van der Waals surface area contributed by atoms with E-state index in [1.165, 1.54) is 54.6 Å². The molecule has 2 N–H and O–H groups in total. The molecule has 0 bridgehead atoms. The van der Waals surface area contributed by atoms with Crippen molar-refractivity contribution in [2.45, 2.75) is 87.8 Å². The van der Waals surface area contributed by atoms with Gasteiger partial charge in [0.15, 0.2) is 0 Å². The Kier molecular flexibility index (Phi) is 17.9. The van der Waals surface area contributed by atoms with E-state index in [0.717, 1.165) is 56.9 Å². The Morgan fingerprint density at radius 2 is 1.06 bits per heavy atom. The molecule has 0 unspecified atom stereocenters. The molecule has 4 aromatic carbocycles. The average Bonchev–Trinajstić information content (AvgIpc) is 3.03. The molecule has 0 fully saturated rings. The molecule has 4 aromatic rings. The van der Waals surface area contributed by atoms with Crippen LogP contribution in [0.15, 0.2) is 94.7 Å². The van der Waals surface area contributed by atoms with Crippen molar-refractivity contribution in [3.05, 3.63) is 96.1 Å². The topological polar surface area (TPSA) is 173 Å². The third kappa shape index (κ3) is 14.1. The minimum atomic E-state index is -4.48. The predicted octanol–water partition coefficient (Wildman–Crippen LogP) is 7.75. The summed E-state index contributed by atoms with van der Waals surface area (Å²) in [5.74, 6) is 1.95. The first-order valence-electron chi connectivity index (χ1n) is 15.9. The monoisotopic (exact) mass is 738 g/mol. The van der Waals surface area contributed by atoms with E-state index in [0.29, 0.717) is 41.4 Å². The molecule has 0 radical (unpaired) electrons. The average molecular weight is 739 g/mol. The van der Waals surface area contributed by atoms with Gasteiger partial charge in [0.05, 0.1) is 9.79 Å². The van der Waals surface area contributed by atoms with Crippen molar-refractivity contribution >= 4 is 58.0 Å². The van der Waals surface area contributed by atoms with E-state index in [1.807, 2.05) is 0 Å². The molecule has 0 aliphatic rings. The molecule has 4 rings (SSSR count). The first-order valence-corrected chi connectivity index (χ1v) is 18.8. The minimum absolute atomic E-state index is 0. The van der Waals surface area contributed by atoms with Gasteiger partial charge in [-0.2, -0.15) is 8.42 Å². The number of hydrogen-bond acceptors (Lipinski definition) is 9. The van der Waals surface area contributed by atoms with Crippen LogP contribution in [0.5, 0.6) is 34.5 Å². The molecule has 0 amide bonds. The SMILES string of the molecule is CCCCCCc1c(O)cccc1Oc1ccc(S(=O)(=O)O)cc1.CCCCCCc1c([O-])cccc1Oc1ccc(S(=O)(=O)[O-])cc1.[Ca+2]. The second kappa shape index (κ2) is 20.7. The van der Waals surface area contributed by atoms with Crippen LogP contribution < -0.4 is 14.6 Å². The molecule has 0 aliphatic heterocycles. The maximum absolute atomic E-state index is 12.1. The van der Waals surface area contributed by atoms with Crippen molar-refractivity contribution in [2.24, 2.45) is 0 Å². The molecule has 49 heavy (non-hydrogen) atoms. The van der Waals surface area contributed by atoms with Crippen molar-refractivity contribution in [2.75, 3.05) is 0 Å². The first-order chi connectivity index (χ1) is 22.8. The summed E-state index contributed by atoms with van der Waals surface area (Å²) in [6.07, 6.45) is 9.92. The van der Waals surface area contributed by atoms with Crippen LogP contribution in [-0.4, -0.2) is 68.8 Å². The summed E-state index contributed by atoms with van der Waals surface area (Å²) < 4.78 is 75.4. The fraction of sp³-hybridized carbons (Fsp3) is 0.333. The van der Waals surface area contributed by atoms with E-state index < -0.39 is 20.2 Å². The van der Waals surface area contributed by atoms with Gasteiger partial charge in [0, 0.05) is 5.56 Å². The summed E-state index contributed by atoms with van der Waals surface area (Å²) in [4.78, 5) is -0.502. The molecule has 10 nitrogen and oxygen atoms in total. The molecule has 260 valence electrons. The van der Waals surface area contributed by atoms with E-state index in [9.17, 15) is 31.6 Å². The summed E-state index contributed by atoms with van der Waals surface area (Å²) in [7, 11) is -8.70. The number of phenolic OH excluding ortho intramolecular Hbond substituents is 1. The molecule has 0 atom stereocenters. The van der Waals surface area contributed by atoms with Crippen molar-refractivity contribution < 1.29 is 45.6 Å². The Hall–Kier alpha value is -2.84. The van der Waals surface area contributed by atoms with Gasteiger partial charge >= 0.3 is 37.7 Å². The van der Waals surface area contributed by atoms with Crippen LogP contribution in [0.1, 0.15) is 76.3 Å². The maximum atomic E-state index is 12.1. The molecule has 0 saturated carbocycles. The van der Waals surface area contributed by atoms with Gasteiger partial charge in [0.2, 0.25) is 0 Å². The van der Waals surface area contributed by atoms with Crippen LogP contribution in [0.2, 0.25) is 0 Å². The third-order valence-electron chi connectivity index (χ3n) is 7.45. The van der Waals surface area contributed by atoms with Gasteiger partial charge in [-0.25, -0.2) is 8.42 Å². The zero-order valence-corrected chi connectivity index (χ0v) is 31.7. The molecular formula is C36H42CaO10S2. The van der Waals surface area contributed by atoms with E-state index in [-0.39, 0.29) is 59.0 Å². The first kappa shape index (κ1) is 42.3. The fourth-order valence-corrected chi connectivity index (χ4v) is 5.80. The predicted molar refractivity (Wildman–Crippen MR) is 186 cm³/mol. The number of unbranched alkanes of at least 4 members (excludes halogenated alkanes) is 6. The van der Waals surface area contributed by atoms with Crippen LogP contribution in [-0.2, 0) is 33.1 Å². The Morgan fingerprint density at radius 1 is 0.612 bits per heavy atom. The Bertz CT molecular complexity index is 1680. The zero-order valence-electron chi connectivity index (χ0n) is 27.8. The summed E-state index contributed by atoms with van der Waals surface area (Å²) in [5.41, 5.74) is 1.36. The van der Waals surface area contributed by atoms with Gasteiger partial charge in [0.25, 0.3) is 10.1 Å². The summed E-state index contributed by atoms with van der Waals surface area (Å²) in [6.45, 7) is 4.27. The second-order valence-corrected chi connectivity index (χ2v) is 14.0. The molecular weight excluding hydrogens is 697 g/mol. The van der Waals surface area contributed by atoms with Crippen molar-refractivity contribution in [3.63, 3.8) is 0 Å². The quantitative estimate of drug-likeness (QED) is 0.0657. The number of hydrogen-bond donors (Lipinski definition) is 2. The van der Waals surface area contributed by atoms with Crippen LogP contribution in [0.3, 0.4) is 0 Å². The van der Waals surface area contributed by atoms with Gasteiger partial charge in [-0.15, -0.1) is 5.75 Å². The number of benzene rings is 4. The number of aromatic hydroxyl groups is 1. The Labute approximate surface area is 319 Å². The van der Waals surface area contributed by atoms with Crippen LogP contribution in [0, 0.1) is 0 Å². The zero-order chi connectivity index (χ0) is 35.2. The number of phenols is 1. The normalized spacial score (nSPS) is 11.2. The van der Waals surface area contributed by atoms with Gasteiger partial charge in [-0.05, 0) is 98.0 Å². The summed E-state index contributed by atoms with van der Waals surface area (Å²) >= 11 is 0. The molecule has 0 aliphatic carbocycles. The van der Waals surface area contributed by atoms with Gasteiger partial charge < -0.3 is 24.2 Å². The van der Waals surface area contributed by atoms with Gasteiger partial charge in [-0.3, -0.25) is 4.55 Å². The van der Waals surface area contributed by atoms with Crippen LogP contribution in [0.4, 0.5) is 0 Å². The van der Waals surface area contributed by atoms with Crippen LogP contribution in [0.25, 0.3) is 0 Å². The van der Waals surface area contributed by atoms with E-state index in [2.05, 4.69) is 13.8 Å². The van der Waals surface area contributed by atoms with Crippen molar-refractivity contribution in [3.8, 4) is 34.5 Å². The second-order valence-electron chi connectivity index (χ2n) is 11.2. The Balaban J connectivity index is 0.000000333. The van der Waals surface area contributed by atoms with Crippen molar-refractivity contribution in [1.29, 1.82) is 0 Å². The van der Waals surface area contributed by atoms with Gasteiger partial charge in [-0.1, -0.05) is 70.6 Å². The summed E-state index contributed by atoms with van der Waals surface area (Å²) in [6, 6.07) is 20.6. The number of rotatable bonds is 16. The smallest absolute Gasteiger partial charge is 0.872 e. The van der Waals surface area contributed by atoms with Crippen molar-refractivity contribution in [1.82, 2.24) is 0 Å². The molecule has 13 heteroatoms. The summed E-state index contributed by atoms with van der Waals surface area (Å²) in [5, 5.41) is 22.2. The van der Waals surface area contributed by atoms with E-state index in [1.54, 1.807) is 30.3 Å². The molecule has 0 heterocycles. The van der Waals surface area contributed by atoms with E-state index in [4.69, 9.17) is 14.0 Å².